The molecule has 0 saturated carbocycles. The summed E-state index contributed by atoms with van der Waals surface area (Å²) in [6.45, 7) is 2.67. The molecule has 6 heteroatoms. The molecule has 1 heterocycles. The van der Waals surface area contributed by atoms with Gasteiger partial charge < -0.3 is 14.4 Å². The number of benzene rings is 2. The van der Waals surface area contributed by atoms with Crippen molar-refractivity contribution in [1.29, 1.82) is 0 Å². The summed E-state index contributed by atoms with van der Waals surface area (Å²) >= 11 is 0. The fraction of sp³-hybridized carbons (Fsp3) is 0.320. The molecule has 6 nitrogen and oxygen atoms in total. The monoisotopic (exact) mass is 419 g/mol. The van der Waals surface area contributed by atoms with Crippen molar-refractivity contribution in [2.75, 3.05) is 20.2 Å². The first kappa shape index (κ1) is 20.8. The predicted octanol–water partition coefficient (Wildman–Crippen LogP) is 3.66. The van der Waals surface area contributed by atoms with Crippen LogP contribution in [0.5, 0.6) is 5.75 Å². The minimum atomic E-state index is -1.64. The van der Waals surface area contributed by atoms with Crippen LogP contribution in [0.4, 0.5) is 0 Å². The van der Waals surface area contributed by atoms with Crippen molar-refractivity contribution in [2.45, 2.75) is 31.8 Å². The number of esters is 1. The van der Waals surface area contributed by atoms with Crippen molar-refractivity contribution in [3.05, 3.63) is 77.0 Å². The van der Waals surface area contributed by atoms with Crippen LogP contribution in [0, 0.1) is 0 Å². The van der Waals surface area contributed by atoms with Gasteiger partial charge in [-0.3, -0.25) is 14.4 Å². The highest BCUT2D eigenvalue weighted by Crippen LogP contribution is 2.50. The molecule has 0 N–H and O–H groups in total. The second-order valence-corrected chi connectivity index (χ2v) is 7.80. The molecule has 0 amide bonds. The molecule has 1 aliphatic heterocycles. The largest absolute Gasteiger partial charge is 0.497 e. The van der Waals surface area contributed by atoms with Crippen LogP contribution < -0.4 is 4.74 Å². The summed E-state index contributed by atoms with van der Waals surface area (Å²) in [4.78, 5) is 41.2. The van der Waals surface area contributed by atoms with Crippen LogP contribution >= 0.6 is 0 Å². The van der Waals surface area contributed by atoms with E-state index in [-0.39, 0.29) is 11.4 Å². The van der Waals surface area contributed by atoms with Crippen LogP contribution in [0.1, 0.15) is 42.1 Å². The molecule has 1 atom stereocenters. The van der Waals surface area contributed by atoms with E-state index in [1.807, 2.05) is 11.0 Å². The fourth-order valence-corrected chi connectivity index (χ4v) is 4.43. The predicted molar refractivity (Wildman–Crippen MR) is 115 cm³/mol. The van der Waals surface area contributed by atoms with Gasteiger partial charge in [-0.15, -0.1) is 0 Å². The number of piperidine rings is 1. The number of carbonyl (C=O) groups excluding carboxylic acids is 3. The molecule has 2 aromatic carbocycles. The Hall–Kier alpha value is -3.41. The molecule has 4 rings (SSSR count). The number of hydrogen-bond donors (Lipinski definition) is 0. The lowest BCUT2D eigenvalue weighted by Crippen LogP contribution is -2.58. The number of Topliss-reactive ketones (excluding diaryl/α,β-unsaturated/α-hetero) is 2. The van der Waals surface area contributed by atoms with Crippen molar-refractivity contribution in [1.82, 2.24) is 4.90 Å². The lowest BCUT2D eigenvalue weighted by atomic mass is 9.68. The lowest BCUT2D eigenvalue weighted by Gasteiger charge is -2.48. The number of hydrogen-bond acceptors (Lipinski definition) is 6. The van der Waals surface area contributed by atoms with Gasteiger partial charge in [-0.1, -0.05) is 42.5 Å². The van der Waals surface area contributed by atoms with Gasteiger partial charge in [0.1, 0.15) is 5.75 Å². The standard InChI is InChI=1S/C25H25NO5/c1-17(27)31-25(19-12-9-13-20(16-19)30-2)23(26-14-7-4-8-15-26)21(24(25)29)22(28)18-10-5-3-6-11-18/h3,5-6,9-13,16H,4,7-8,14-15H2,1-2H3. The van der Waals surface area contributed by atoms with E-state index in [9.17, 15) is 14.4 Å². The van der Waals surface area contributed by atoms with Gasteiger partial charge in [0, 0.05) is 31.1 Å². The summed E-state index contributed by atoms with van der Waals surface area (Å²) in [6, 6.07) is 15.6. The van der Waals surface area contributed by atoms with E-state index in [4.69, 9.17) is 9.47 Å². The number of likely N-dealkylation sites (tertiary alicyclic amines) is 1. The van der Waals surface area contributed by atoms with Crippen molar-refractivity contribution in [2.24, 2.45) is 0 Å². The van der Waals surface area contributed by atoms with Crippen LogP contribution in [-0.4, -0.2) is 42.6 Å². The quantitative estimate of drug-likeness (QED) is 0.404. The third kappa shape index (κ3) is 3.52. The molecule has 1 aliphatic carbocycles. The van der Waals surface area contributed by atoms with E-state index >= 15 is 0 Å². The molecule has 0 spiro atoms. The summed E-state index contributed by atoms with van der Waals surface area (Å²) in [7, 11) is 1.53. The van der Waals surface area contributed by atoms with Gasteiger partial charge in [0.05, 0.1) is 18.4 Å². The summed E-state index contributed by atoms with van der Waals surface area (Å²) in [5.74, 6) is -0.892. The van der Waals surface area contributed by atoms with Crippen molar-refractivity contribution >= 4 is 17.5 Å². The Kier molecular flexibility index (Phi) is 5.63. The minimum Gasteiger partial charge on any atom is -0.497 e. The summed E-state index contributed by atoms with van der Waals surface area (Å²) in [5.41, 5.74) is -0.149. The Bertz CT molecular complexity index is 1050. The van der Waals surface area contributed by atoms with Crippen LogP contribution in [0.25, 0.3) is 0 Å². The normalized spacial score (nSPS) is 20.8. The second-order valence-electron chi connectivity index (χ2n) is 7.80. The Morgan fingerprint density at radius 2 is 1.68 bits per heavy atom. The van der Waals surface area contributed by atoms with Gasteiger partial charge >= 0.3 is 5.97 Å². The number of carbonyl (C=O) groups is 3. The zero-order valence-electron chi connectivity index (χ0n) is 17.7. The Morgan fingerprint density at radius 1 is 0.968 bits per heavy atom. The van der Waals surface area contributed by atoms with Gasteiger partial charge in [0.2, 0.25) is 11.4 Å². The summed E-state index contributed by atoms with van der Waals surface area (Å²) < 4.78 is 11.1. The zero-order valence-corrected chi connectivity index (χ0v) is 17.7. The fourth-order valence-electron chi connectivity index (χ4n) is 4.43. The first-order valence-electron chi connectivity index (χ1n) is 10.5. The van der Waals surface area contributed by atoms with Gasteiger partial charge in [-0.05, 0) is 31.4 Å². The van der Waals surface area contributed by atoms with Gasteiger partial charge in [-0.2, -0.15) is 0 Å². The number of ketones is 2. The molecule has 1 unspecified atom stereocenters. The van der Waals surface area contributed by atoms with Crippen LogP contribution in [0.2, 0.25) is 0 Å². The molecular weight excluding hydrogens is 394 g/mol. The molecular formula is C25H25NO5. The topological polar surface area (TPSA) is 72.9 Å². The smallest absolute Gasteiger partial charge is 0.304 e. The van der Waals surface area contributed by atoms with Gasteiger partial charge in [0.25, 0.3) is 0 Å². The summed E-state index contributed by atoms with van der Waals surface area (Å²) in [5, 5.41) is 0. The molecule has 1 saturated heterocycles. The molecule has 2 aromatic rings. The highest BCUT2D eigenvalue weighted by atomic mass is 16.6. The van der Waals surface area contributed by atoms with Crippen LogP contribution in [0.3, 0.4) is 0 Å². The van der Waals surface area contributed by atoms with E-state index in [1.165, 1.54) is 14.0 Å². The highest BCUT2D eigenvalue weighted by Gasteiger charge is 2.62. The molecule has 0 aromatic heterocycles. The maximum absolute atomic E-state index is 13.7. The van der Waals surface area contributed by atoms with Crippen molar-refractivity contribution in [3.63, 3.8) is 0 Å². The average Bonchev–Trinajstić information content (AvgIpc) is 2.81. The van der Waals surface area contributed by atoms with E-state index in [2.05, 4.69) is 0 Å². The number of ether oxygens (including phenoxy) is 2. The first-order valence-corrected chi connectivity index (χ1v) is 10.5. The lowest BCUT2D eigenvalue weighted by molar-refractivity contribution is -0.167. The number of methoxy groups -OCH3 is 1. The Labute approximate surface area is 181 Å². The van der Waals surface area contributed by atoms with Crippen LogP contribution in [0.15, 0.2) is 65.9 Å². The Balaban J connectivity index is 1.92. The third-order valence-electron chi connectivity index (χ3n) is 5.83. The van der Waals surface area contributed by atoms with E-state index in [0.29, 0.717) is 35.7 Å². The highest BCUT2D eigenvalue weighted by molar-refractivity contribution is 6.34. The molecule has 31 heavy (non-hydrogen) atoms. The summed E-state index contributed by atoms with van der Waals surface area (Å²) in [6.07, 6.45) is 2.97. The van der Waals surface area contributed by atoms with Crippen molar-refractivity contribution < 1.29 is 23.9 Å². The minimum absolute atomic E-state index is 0.0946. The number of rotatable bonds is 6. The second kappa shape index (κ2) is 8.38. The zero-order chi connectivity index (χ0) is 22.0. The van der Waals surface area contributed by atoms with Gasteiger partial charge in [-0.25, -0.2) is 0 Å². The molecule has 0 bridgehead atoms. The molecule has 1 fully saturated rings. The van der Waals surface area contributed by atoms with E-state index < -0.39 is 17.4 Å². The Morgan fingerprint density at radius 3 is 2.32 bits per heavy atom. The molecule has 2 aliphatic rings. The maximum atomic E-state index is 13.7. The third-order valence-corrected chi connectivity index (χ3v) is 5.83. The number of nitrogens with zero attached hydrogens (tertiary/aromatic N) is 1. The van der Waals surface area contributed by atoms with Crippen LogP contribution in [-0.2, 0) is 19.9 Å². The average molecular weight is 419 g/mol. The van der Waals surface area contributed by atoms with Gasteiger partial charge in [0.15, 0.2) is 5.78 Å². The maximum Gasteiger partial charge on any atom is 0.304 e. The molecule has 0 radical (unpaired) electrons. The molecule has 160 valence electrons. The van der Waals surface area contributed by atoms with E-state index in [1.54, 1.807) is 48.5 Å². The van der Waals surface area contributed by atoms with E-state index in [0.717, 1.165) is 19.3 Å². The van der Waals surface area contributed by atoms with Crippen molar-refractivity contribution in [3.8, 4) is 5.75 Å². The SMILES string of the molecule is COc1cccc(C2(OC(C)=O)C(=O)C(C(=O)c3ccccc3)=C2N2CCCCC2)c1. The first-order chi connectivity index (χ1) is 15.0.